The number of thiophene rings is 1. The van der Waals surface area contributed by atoms with Gasteiger partial charge >= 0.3 is 0 Å². The van der Waals surface area contributed by atoms with Crippen LogP contribution in [0, 0.1) is 0 Å². The molecule has 0 fully saturated rings. The minimum atomic E-state index is -3.83. The van der Waals surface area contributed by atoms with Crippen molar-refractivity contribution in [1.29, 1.82) is 0 Å². The van der Waals surface area contributed by atoms with Crippen molar-refractivity contribution in [3.8, 4) is 17.2 Å². The minimum absolute atomic E-state index is 0.00622. The molecule has 1 unspecified atom stereocenters. The van der Waals surface area contributed by atoms with Crippen LogP contribution in [-0.2, 0) is 21.3 Å². The molecule has 0 N–H and O–H groups in total. The van der Waals surface area contributed by atoms with E-state index in [2.05, 4.69) is 0 Å². The molecule has 1 spiro atoms. The average Bonchev–Trinajstić information content (AvgIpc) is 3.45. The predicted molar refractivity (Wildman–Crippen MR) is 110 cm³/mol. The monoisotopic (exact) mass is 447 g/mol. The Hall–Kier alpha value is -2.42. The quantitative estimate of drug-likeness (QED) is 0.591. The Morgan fingerprint density at radius 2 is 1.79 bits per heavy atom. The number of ether oxygens (including phenoxy) is 3. The Bertz CT molecular complexity index is 1270. The fourth-order valence-corrected chi connectivity index (χ4v) is 7.65. The molecule has 0 bridgehead atoms. The van der Waals surface area contributed by atoms with Crippen molar-refractivity contribution in [1.82, 2.24) is 0 Å². The van der Waals surface area contributed by atoms with Crippen molar-refractivity contribution in [2.75, 3.05) is 17.7 Å². The molecule has 0 aliphatic carbocycles. The van der Waals surface area contributed by atoms with Crippen LogP contribution in [0.5, 0.6) is 17.2 Å². The van der Waals surface area contributed by atoms with Crippen LogP contribution >= 0.6 is 22.9 Å². The zero-order valence-electron chi connectivity index (χ0n) is 14.9. The molecule has 9 heteroatoms. The van der Waals surface area contributed by atoms with E-state index in [0.717, 1.165) is 4.88 Å². The van der Waals surface area contributed by atoms with Crippen LogP contribution in [-0.4, -0.2) is 21.8 Å². The van der Waals surface area contributed by atoms with Crippen LogP contribution < -0.4 is 18.5 Å². The molecule has 3 aliphatic heterocycles. The van der Waals surface area contributed by atoms with E-state index in [1.54, 1.807) is 18.2 Å². The molecular weight excluding hydrogens is 434 g/mol. The molecule has 0 radical (unpaired) electrons. The van der Waals surface area contributed by atoms with Crippen LogP contribution in [0.3, 0.4) is 0 Å². The Morgan fingerprint density at radius 1 is 1.00 bits per heavy atom. The fourth-order valence-electron chi connectivity index (χ4n) is 4.29. The number of benzene rings is 2. The molecular formula is C20H14ClNO5S2. The first-order valence-corrected chi connectivity index (χ1v) is 11.6. The third-order valence-corrected chi connectivity index (χ3v) is 9.17. The summed E-state index contributed by atoms with van der Waals surface area (Å²) >= 11 is 7.44. The van der Waals surface area contributed by atoms with Gasteiger partial charge in [-0.1, -0.05) is 29.8 Å². The summed E-state index contributed by atoms with van der Waals surface area (Å²) in [6, 6.07) is 14.5. The molecule has 4 heterocycles. The summed E-state index contributed by atoms with van der Waals surface area (Å²) in [5, 5.41) is 0. The standard InChI is InChI=1S/C20H14ClNO5S2/c21-19-6-5-12(28-19)9-22-15-4-2-1-3-13(15)20(29(22,23)24)10-25-16-8-18-17(7-14(16)20)26-11-27-18/h1-8H,9-11H2. The molecule has 29 heavy (non-hydrogen) atoms. The van der Waals surface area contributed by atoms with Crippen molar-refractivity contribution < 1.29 is 22.6 Å². The number of anilines is 1. The summed E-state index contributed by atoms with van der Waals surface area (Å²) in [6.07, 6.45) is 0. The van der Waals surface area contributed by atoms with Gasteiger partial charge in [0.15, 0.2) is 16.2 Å². The van der Waals surface area contributed by atoms with E-state index in [9.17, 15) is 8.42 Å². The van der Waals surface area contributed by atoms with Crippen molar-refractivity contribution >= 4 is 38.6 Å². The van der Waals surface area contributed by atoms with Gasteiger partial charge < -0.3 is 14.2 Å². The Labute approximate surface area is 176 Å². The number of rotatable bonds is 2. The van der Waals surface area contributed by atoms with Gasteiger partial charge in [0, 0.05) is 22.1 Å². The molecule has 6 rings (SSSR count). The van der Waals surface area contributed by atoms with Crippen LogP contribution in [0.4, 0.5) is 5.69 Å². The minimum Gasteiger partial charge on any atom is -0.491 e. The highest BCUT2D eigenvalue weighted by molar-refractivity contribution is 7.94. The van der Waals surface area contributed by atoms with Crippen LogP contribution in [0.2, 0.25) is 4.34 Å². The second-order valence-corrected chi connectivity index (χ2v) is 10.9. The van der Waals surface area contributed by atoms with Gasteiger partial charge in [-0.05, 0) is 24.3 Å². The second kappa shape index (κ2) is 5.81. The van der Waals surface area contributed by atoms with E-state index in [1.807, 2.05) is 30.3 Å². The topological polar surface area (TPSA) is 65.1 Å². The van der Waals surface area contributed by atoms with E-state index in [0.29, 0.717) is 38.4 Å². The molecule has 6 nitrogen and oxygen atoms in total. The van der Waals surface area contributed by atoms with Crippen molar-refractivity contribution in [3.63, 3.8) is 0 Å². The summed E-state index contributed by atoms with van der Waals surface area (Å²) in [5.74, 6) is 1.60. The fraction of sp³-hybridized carbons (Fsp3) is 0.200. The second-order valence-electron chi connectivity index (χ2n) is 7.05. The molecule has 3 aromatic rings. The Morgan fingerprint density at radius 3 is 2.59 bits per heavy atom. The number of fused-ring (bicyclic) bond motifs is 5. The van der Waals surface area contributed by atoms with Crippen LogP contribution in [0.1, 0.15) is 16.0 Å². The lowest BCUT2D eigenvalue weighted by Crippen LogP contribution is -2.41. The maximum atomic E-state index is 14.0. The lowest BCUT2D eigenvalue weighted by Gasteiger charge is -2.25. The molecule has 1 aromatic heterocycles. The van der Waals surface area contributed by atoms with E-state index in [1.165, 1.54) is 15.6 Å². The number of para-hydroxylation sites is 1. The summed E-state index contributed by atoms with van der Waals surface area (Å²) in [4.78, 5) is 0.871. The van der Waals surface area contributed by atoms with Gasteiger partial charge in [-0.2, -0.15) is 0 Å². The van der Waals surface area contributed by atoms with Crippen LogP contribution in [0.15, 0.2) is 48.5 Å². The average molecular weight is 448 g/mol. The van der Waals surface area contributed by atoms with Crippen molar-refractivity contribution in [2.24, 2.45) is 0 Å². The zero-order chi connectivity index (χ0) is 19.8. The number of hydrogen-bond acceptors (Lipinski definition) is 6. The van der Waals surface area contributed by atoms with E-state index >= 15 is 0 Å². The van der Waals surface area contributed by atoms with Gasteiger partial charge in [-0.3, -0.25) is 4.31 Å². The third kappa shape index (κ3) is 2.19. The van der Waals surface area contributed by atoms with Gasteiger partial charge in [0.25, 0.3) is 10.0 Å². The molecule has 0 amide bonds. The van der Waals surface area contributed by atoms with Gasteiger partial charge in [0.05, 0.1) is 16.6 Å². The van der Waals surface area contributed by atoms with Gasteiger partial charge in [-0.15, -0.1) is 11.3 Å². The van der Waals surface area contributed by atoms with E-state index < -0.39 is 14.8 Å². The third-order valence-electron chi connectivity index (χ3n) is 5.61. The van der Waals surface area contributed by atoms with Gasteiger partial charge in [-0.25, -0.2) is 8.42 Å². The highest BCUT2D eigenvalue weighted by atomic mass is 35.5. The highest BCUT2D eigenvalue weighted by Gasteiger charge is 2.62. The molecule has 2 aromatic carbocycles. The molecule has 1 atom stereocenters. The van der Waals surface area contributed by atoms with Gasteiger partial charge in [0.2, 0.25) is 6.79 Å². The molecule has 0 saturated carbocycles. The highest BCUT2D eigenvalue weighted by Crippen LogP contribution is 2.58. The number of halogens is 1. The Kier molecular flexibility index (Phi) is 3.49. The lowest BCUT2D eigenvalue weighted by atomic mass is 9.90. The maximum absolute atomic E-state index is 14.0. The number of sulfonamides is 1. The first-order chi connectivity index (χ1) is 14.0. The summed E-state index contributed by atoms with van der Waals surface area (Å²) in [7, 11) is -3.83. The van der Waals surface area contributed by atoms with Crippen molar-refractivity contribution in [2.45, 2.75) is 11.3 Å². The molecule has 148 valence electrons. The molecule has 0 saturated heterocycles. The summed E-state index contributed by atoms with van der Waals surface area (Å²) in [5.41, 5.74) is 1.95. The molecule has 3 aliphatic rings. The van der Waals surface area contributed by atoms with Crippen molar-refractivity contribution in [3.05, 3.63) is 68.9 Å². The summed E-state index contributed by atoms with van der Waals surface area (Å²) in [6.45, 7) is 0.338. The SMILES string of the molecule is O=S1(=O)N(Cc2ccc(Cl)s2)c2ccccc2C12COc1cc3c(cc12)OCO3. The van der Waals surface area contributed by atoms with E-state index in [4.69, 9.17) is 25.8 Å². The smallest absolute Gasteiger partial charge is 0.253 e. The number of nitrogens with zero attached hydrogens (tertiary/aromatic N) is 1. The predicted octanol–water partition coefficient (Wildman–Crippen LogP) is 4.12. The number of hydrogen-bond donors (Lipinski definition) is 0. The van der Waals surface area contributed by atoms with E-state index in [-0.39, 0.29) is 19.9 Å². The van der Waals surface area contributed by atoms with Crippen LogP contribution in [0.25, 0.3) is 0 Å². The van der Waals surface area contributed by atoms with Gasteiger partial charge in [0.1, 0.15) is 12.4 Å². The summed E-state index contributed by atoms with van der Waals surface area (Å²) < 4.78 is 45.6. The largest absolute Gasteiger partial charge is 0.491 e. The first-order valence-electron chi connectivity index (χ1n) is 8.94. The Balaban J connectivity index is 1.57. The maximum Gasteiger partial charge on any atom is 0.253 e. The first kappa shape index (κ1) is 17.4. The zero-order valence-corrected chi connectivity index (χ0v) is 17.3. The lowest BCUT2D eigenvalue weighted by molar-refractivity contribution is 0.173. The normalized spacial score (nSPS) is 22.6.